The van der Waals surface area contributed by atoms with E-state index in [0.717, 1.165) is 24.1 Å². The number of rotatable bonds is 9. The van der Waals surface area contributed by atoms with E-state index in [1.807, 2.05) is 6.92 Å². The molecule has 0 fully saturated rings. The van der Waals surface area contributed by atoms with Crippen molar-refractivity contribution in [2.24, 2.45) is 5.92 Å². The number of carbonyl (C=O) groups excluding carboxylic acids is 1. The summed E-state index contributed by atoms with van der Waals surface area (Å²) in [6, 6.07) is 3.24. The predicted octanol–water partition coefficient (Wildman–Crippen LogP) is 2.88. The smallest absolute Gasteiger partial charge is 0.250 e. The van der Waals surface area contributed by atoms with Gasteiger partial charge >= 0.3 is 0 Å². The van der Waals surface area contributed by atoms with Crippen LogP contribution in [-0.2, 0) is 21.4 Å². The highest BCUT2D eigenvalue weighted by atomic mass is 32.2. The van der Waals surface area contributed by atoms with Gasteiger partial charge in [0, 0.05) is 17.8 Å². The Balaban J connectivity index is 2.56. The summed E-state index contributed by atoms with van der Waals surface area (Å²) in [5.41, 5.74) is 0. The Bertz CT molecular complexity index is 579. The zero-order valence-corrected chi connectivity index (χ0v) is 15.3. The fraction of sp³-hybridized carbons (Fsp3) is 0.667. The van der Waals surface area contributed by atoms with Crippen LogP contribution in [0.1, 0.15) is 51.8 Å². The summed E-state index contributed by atoms with van der Waals surface area (Å²) in [5.74, 6) is 0.507. The molecule has 0 bridgehead atoms. The van der Waals surface area contributed by atoms with E-state index in [-0.39, 0.29) is 11.9 Å². The lowest BCUT2D eigenvalue weighted by molar-refractivity contribution is -0.119. The third kappa shape index (κ3) is 6.89. The number of thiophene rings is 1. The second kappa shape index (κ2) is 8.64. The Morgan fingerprint density at radius 3 is 2.50 bits per heavy atom. The van der Waals surface area contributed by atoms with Crippen LogP contribution in [0, 0.1) is 5.92 Å². The molecule has 22 heavy (non-hydrogen) atoms. The van der Waals surface area contributed by atoms with Gasteiger partial charge in [0.1, 0.15) is 4.21 Å². The topological polar surface area (TPSA) is 75.3 Å². The van der Waals surface area contributed by atoms with E-state index in [4.69, 9.17) is 0 Å². The lowest BCUT2D eigenvalue weighted by atomic mass is 10.0. The number of hydrogen-bond acceptors (Lipinski definition) is 4. The monoisotopic (exact) mass is 346 g/mol. The molecule has 0 aliphatic rings. The summed E-state index contributed by atoms with van der Waals surface area (Å²) >= 11 is 1.19. The van der Waals surface area contributed by atoms with Crippen LogP contribution in [0.5, 0.6) is 0 Å². The first-order valence-electron chi connectivity index (χ1n) is 7.56. The van der Waals surface area contributed by atoms with Crippen molar-refractivity contribution in [1.29, 1.82) is 0 Å². The molecule has 1 heterocycles. The van der Waals surface area contributed by atoms with Crippen LogP contribution in [0.15, 0.2) is 16.3 Å². The van der Waals surface area contributed by atoms with Crippen molar-refractivity contribution in [2.75, 3.05) is 0 Å². The minimum absolute atomic E-state index is 0.0790. The summed E-state index contributed by atoms with van der Waals surface area (Å²) in [4.78, 5) is 11.7. The van der Waals surface area contributed by atoms with Crippen LogP contribution in [0.3, 0.4) is 0 Å². The number of sulfonamides is 1. The van der Waals surface area contributed by atoms with E-state index in [1.54, 1.807) is 12.1 Å². The van der Waals surface area contributed by atoms with Gasteiger partial charge in [-0.1, -0.05) is 26.7 Å². The quantitative estimate of drug-likeness (QED) is 0.722. The Morgan fingerprint density at radius 2 is 1.91 bits per heavy atom. The third-order valence-corrected chi connectivity index (χ3v) is 6.35. The van der Waals surface area contributed by atoms with E-state index in [2.05, 4.69) is 23.9 Å². The van der Waals surface area contributed by atoms with Crippen molar-refractivity contribution >= 4 is 27.3 Å². The molecule has 1 unspecified atom stereocenters. The predicted molar refractivity (Wildman–Crippen MR) is 90.3 cm³/mol. The molecule has 0 aliphatic carbocycles. The lowest BCUT2D eigenvalue weighted by Crippen LogP contribution is -2.32. The molecule has 1 atom stereocenters. The molecular formula is C15H26N2O3S2. The van der Waals surface area contributed by atoms with Gasteiger partial charge in [-0.3, -0.25) is 4.79 Å². The molecule has 5 nitrogen and oxygen atoms in total. The van der Waals surface area contributed by atoms with Gasteiger partial charge in [0.15, 0.2) is 0 Å². The molecular weight excluding hydrogens is 320 g/mol. The van der Waals surface area contributed by atoms with Crippen molar-refractivity contribution in [3.05, 3.63) is 17.0 Å². The molecule has 0 saturated heterocycles. The summed E-state index contributed by atoms with van der Waals surface area (Å²) < 4.78 is 27.6. The first-order chi connectivity index (χ1) is 10.2. The van der Waals surface area contributed by atoms with E-state index in [9.17, 15) is 13.2 Å². The second-order valence-corrected chi connectivity index (χ2v) is 9.09. The summed E-state index contributed by atoms with van der Waals surface area (Å²) in [6.07, 6.45) is 2.95. The van der Waals surface area contributed by atoms with E-state index >= 15 is 0 Å². The SMILES string of the molecule is CC(=O)NCc1ccc(S(=O)(=O)NC(C)CCCC(C)C)s1. The van der Waals surface area contributed by atoms with Crippen molar-refractivity contribution in [2.45, 2.75) is 63.8 Å². The highest BCUT2D eigenvalue weighted by Gasteiger charge is 2.19. The molecule has 7 heteroatoms. The van der Waals surface area contributed by atoms with Crippen LogP contribution in [0.4, 0.5) is 0 Å². The maximum Gasteiger partial charge on any atom is 0.250 e. The molecule has 126 valence electrons. The van der Waals surface area contributed by atoms with Crippen LogP contribution in [0.25, 0.3) is 0 Å². The molecule has 1 aromatic rings. The standard InChI is InChI=1S/C15H26N2O3S2/c1-11(2)6-5-7-12(3)17-22(19,20)15-9-8-14(21-15)10-16-13(4)18/h8-9,11-12,17H,5-7,10H2,1-4H3,(H,16,18). The molecule has 1 aromatic heterocycles. The first kappa shape index (κ1) is 19.1. The van der Waals surface area contributed by atoms with Crippen LogP contribution in [0.2, 0.25) is 0 Å². The number of carbonyl (C=O) groups is 1. The summed E-state index contributed by atoms with van der Waals surface area (Å²) in [7, 11) is -3.47. The average molecular weight is 347 g/mol. The molecule has 2 N–H and O–H groups in total. The fourth-order valence-electron chi connectivity index (χ4n) is 2.02. The highest BCUT2D eigenvalue weighted by molar-refractivity contribution is 7.91. The van der Waals surface area contributed by atoms with E-state index in [0.29, 0.717) is 16.7 Å². The molecule has 1 amide bonds. The zero-order valence-electron chi connectivity index (χ0n) is 13.7. The number of hydrogen-bond donors (Lipinski definition) is 2. The van der Waals surface area contributed by atoms with Crippen LogP contribution >= 0.6 is 11.3 Å². The Morgan fingerprint density at radius 1 is 1.23 bits per heavy atom. The van der Waals surface area contributed by atoms with Crippen molar-refractivity contribution in [1.82, 2.24) is 10.0 Å². The van der Waals surface area contributed by atoms with Gasteiger partial charge in [-0.05, 0) is 31.4 Å². The van der Waals surface area contributed by atoms with E-state index < -0.39 is 10.0 Å². The first-order valence-corrected chi connectivity index (χ1v) is 9.86. The molecule has 0 radical (unpaired) electrons. The molecule has 0 aromatic carbocycles. The summed E-state index contributed by atoms with van der Waals surface area (Å²) in [5, 5.41) is 2.66. The third-order valence-electron chi connectivity index (χ3n) is 3.19. The van der Waals surface area contributed by atoms with Gasteiger partial charge in [0.2, 0.25) is 15.9 Å². The normalized spacial score (nSPS) is 13.3. The molecule has 0 aliphatic heterocycles. The minimum Gasteiger partial charge on any atom is -0.351 e. The van der Waals surface area contributed by atoms with Gasteiger partial charge < -0.3 is 5.32 Å². The van der Waals surface area contributed by atoms with Crippen molar-refractivity contribution in [3.8, 4) is 0 Å². The second-order valence-electron chi connectivity index (χ2n) is 5.98. The van der Waals surface area contributed by atoms with Gasteiger partial charge in [-0.2, -0.15) is 0 Å². The average Bonchev–Trinajstić information content (AvgIpc) is 2.84. The maximum atomic E-state index is 12.3. The van der Waals surface area contributed by atoms with E-state index in [1.165, 1.54) is 18.3 Å². The lowest BCUT2D eigenvalue weighted by Gasteiger charge is -2.14. The largest absolute Gasteiger partial charge is 0.351 e. The Kier molecular flexibility index (Phi) is 7.52. The highest BCUT2D eigenvalue weighted by Crippen LogP contribution is 2.22. The Hall–Kier alpha value is -0.920. The summed E-state index contributed by atoms with van der Waals surface area (Å²) in [6.45, 7) is 8.02. The van der Waals surface area contributed by atoms with Gasteiger partial charge in [0.05, 0.1) is 6.54 Å². The van der Waals surface area contributed by atoms with Gasteiger partial charge in [-0.15, -0.1) is 11.3 Å². The van der Waals surface area contributed by atoms with Crippen molar-refractivity contribution in [3.63, 3.8) is 0 Å². The van der Waals surface area contributed by atoms with Crippen LogP contribution < -0.4 is 10.0 Å². The zero-order chi connectivity index (χ0) is 16.8. The minimum atomic E-state index is -3.47. The molecule has 0 saturated carbocycles. The Labute approximate surface area is 137 Å². The van der Waals surface area contributed by atoms with Crippen LogP contribution in [-0.4, -0.2) is 20.4 Å². The number of amides is 1. The fourth-order valence-corrected chi connectivity index (χ4v) is 4.61. The van der Waals surface area contributed by atoms with Crippen molar-refractivity contribution < 1.29 is 13.2 Å². The van der Waals surface area contributed by atoms with Gasteiger partial charge in [-0.25, -0.2) is 13.1 Å². The maximum absolute atomic E-state index is 12.3. The number of nitrogens with one attached hydrogen (secondary N) is 2. The van der Waals surface area contributed by atoms with Gasteiger partial charge in [0.25, 0.3) is 0 Å². The molecule has 0 spiro atoms. The molecule has 1 rings (SSSR count).